The number of ether oxygens (including phenoxy) is 2. The molecular formula is C11H16FNO2. The normalized spacial score (nSPS) is 12.5. The highest BCUT2D eigenvalue weighted by Gasteiger charge is 2.09. The molecule has 0 amide bonds. The van der Waals surface area contributed by atoms with Crippen molar-refractivity contribution in [3.63, 3.8) is 0 Å². The zero-order chi connectivity index (χ0) is 11.4. The lowest BCUT2D eigenvalue weighted by molar-refractivity contribution is 0.0925. The van der Waals surface area contributed by atoms with Gasteiger partial charge in [0.1, 0.15) is 17.7 Å². The van der Waals surface area contributed by atoms with Crippen LogP contribution >= 0.6 is 0 Å². The Bertz CT molecular complexity index is 342. The lowest BCUT2D eigenvalue weighted by Crippen LogP contribution is -2.18. The topological polar surface area (TPSA) is 44.5 Å². The van der Waals surface area contributed by atoms with Crippen LogP contribution in [-0.4, -0.2) is 19.8 Å². The van der Waals surface area contributed by atoms with E-state index in [1.165, 1.54) is 6.07 Å². The Kier molecular flexibility index (Phi) is 3.91. The van der Waals surface area contributed by atoms with E-state index in [4.69, 9.17) is 15.2 Å². The third-order valence-corrected chi connectivity index (χ3v) is 2.02. The van der Waals surface area contributed by atoms with E-state index in [9.17, 15) is 4.39 Å². The smallest absolute Gasteiger partial charge is 0.143 e. The van der Waals surface area contributed by atoms with Gasteiger partial charge >= 0.3 is 0 Å². The van der Waals surface area contributed by atoms with E-state index in [0.717, 1.165) is 0 Å². The summed E-state index contributed by atoms with van der Waals surface area (Å²) in [5, 5.41) is 0. The van der Waals surface area contributed by atoms with Crippen LogP contribution in [0.25, 0.3) is 0 Å². The van der Waals surface area contributed by atoms with Crippen LogP contribution in [0.3, 0.4) is 0 Å². The maximum absolute atomic E-state index is 13.1. The maximum atomic E-state index is 13.1. The number of halogens is 1. The molecule has 1 atom stereocenters. The van der Waals surface area contributed by atoms with Gasteiger partial charge in [-0.1, -0.05) is 0 Å². The summed E-state index contributed by atoms with van der Waals surface area (Å²) in [6, 6.07) is 2.86. The third-order valence-electron chi connectivity index (χ3n) is 2.02. The molecule has 0 aromatic heterocycles. The molecule has 0 aliphatic carbocycles. The SMILES string of the molecule is COCC(C)Oc1cc(C)c(F)cc1N. The van der Waals surface area contributed by atoms with Crippen LogP contribution in [0.15, 0.2) is 12.1 Å². The summed E-state index contributed by atoms with van der Waals surface area (Å²) >= 11 is 0. The minimum Gasteiger partial charge on any atom is -0.486 e. The number of benzene rings is 1. The molecule has 0 fully saturated rings. The fraction of sp³-hybridized carbons (Fsp3) is 0.455. The first-order valence-corrected chi connectivity index (χ1v) is 4.75. The van der Waals surface area contributed by atoms with Gasteiger partial charge in [0.05, 0.1) is 12.3 Å². The number of hydrogen-bond donors (Lipinski definition) is 1. The van der Waals surface area contributed by atoms with Crippen LogP contribution in [0.1, 0.15) is 12.5 Å². The Morgan fingerprint density at radius 3 is 2.73 bits per heavy atom. The number of rotatable bonds is 4. The molecule has 15 heavy (non-hydrogen) atoms. The van der Waals surface area contributed by atoms with E-state index in [0.29, 0.717) is 23.6 Å². The van der Waals surface area contributed by atoms with Crippen LogP contribution in [0.4, 0.5) is 10.1 Å². The molecule has 3 nitrogen and oxygen atoms in total. The zero-order valence-corrected chi connectivity index (χ0v) is 9.21. The highest BCUT2D eigenvalue weighted by Crippen LogP contribution is 2.25. The second-order valence-electron chi connectivity index (χ2n) is 3.52. The quantitative estimate of drug-likeness (QED) is 0.779. The molecule has 1 unspecified atom stereocenters. The van der Waals surface area contributed by atoms with Crippen molar-refractivity contribution in [3.05, 3.63) is 23.5 Å². The van der Waals surface area contributed by atoms with Crippen molar-refractivity contribution in [1.82, 2.24) is 0 Å². The zero-order valence-electron chi connectivity index (χ0n) is 9.21. The summed E-state index contributed by atoms with van der Waals surface area (Å²) in [6.45, 7) is 4.00. The minimum atomic E-state index is -0.320. The predicted octanol–water partition coefficient (Wildman–Crippen LogP) is 2.13. The van der Waals surface area contributed by atoms with Crippen LogP contribution in [0, 0.1) is 12.7 Å². The lowest BCUT2D eigenvalue weighted by atomic mass is 10.2. The van der Waals surface area contributed by atoms with Crippen LogP contribution < -0.4 is 10.5 Å². The van der Waals surface area contributed by atoms with Gasteiger partial charge in [-0.15, -0.1) is 0 Å². The summed E-state index contributed by atoms with van der Waals surface area (Å²) in [7, 11) is 1.60. The molecule has 0 saturated heterocycles. The Morgan fingerprint density at radius 2 is 2.13 bits per heavy atom. The first-order chi connectivity index (χ1) is 7.04. The van der Waals surface area contributed by atoms with Gasteiger partial charge in [0.25, 0.3) is 0 Å². The molecular weight excluding hydrogens is 197 g/mol. The highest BCUT2D eigenvalue weighted by atomic mass is 19.1. The van der Waals surface area contributed by atoms with Crippen LogP contribution in [0.5, 0.6) is 5.75 Å². The van der Waals surface area contributed by atoms with Crippen molar-refractivity contribution < 1.29 is 13.9 Å². The minimum absolute atomic E-state index is 0.109. The van der Waals surface area contributed by atoms with Crippen molar-refractivity contribution in [1.29, 1.82) is 0 Å². The Hall–Kier alpha value is -1.29. The van der Waals surface area contributed by atoms with Crippen LogP contribution in [0.2, 0.25) is 0 Å². The standard InChI is InChI=1S/C11H16FNO2/c1-7-4-11(10(13)5-9(7)12)15-8(2)6-14-3/h4-5,8H,6,13H2,1-3H3. The van der Waals surface area contributed by atoms with Gasteiger partial charge < -0.3 is 15.2 Å². The second kappa shape index (κ2) is 4.98. The highest BCUT2D eigenvalue weighted by molar-refractivity contribution is 5.54. The summed E-state index contributed by atoms with van der Waals surface area (Å²) in [5.74, 6) is 0.178. The molecule has 2 N–H and O–H groups in total. The van der Waals surface area contributed by atoms with E-state index in [1.807, 2.05) is 6.92 Å². The molecule has 4 heteroatoms. The molecule has 84 valence electrons. The van der Waals surface area contributed by atoms with Gasteiger partial charge in [0.2, 0.25) is 0 Å². The van der Waals surface area contributed by atoms with Gasteiger partial charge in [0, 0.05) is 13.2 Å². The average molecular weight is 213 g/mol. The fourth-order valence-corrected chi connectivity index (χ4v) is 1.26. The van der Waals surface area contributed by atoms with Gasteiger partial charge in [-0.2, -0.15) is 0 Å². The monoisotopic (exact) mass is 213 g/mol. The van der Waals surface area contributed by atoms with Crippen molar-refractivity contribution >= 4 is 5.69 Å². The molecule has 0 bridgehead atoms. The summed E-state index contributed by atoms with van der Waals surface area (Å²) in [4.78, 5) is 0. The number of anilines is 1. The first-order valence-electron chi connectivity index (χ1n) is 4.75. The Morgan fingerprint density at radius 1 is 1.47 bits per heavy atom. The number of methoxy groups -OCH3 is 1. The molecule has 1 aromatic carbocycles. The van der Waals surface area contributed by atoms with Crippen molar-refractivity contribution in [3.8, 4) is 5.75 Å². The van der Waals surface area contributed by atoms with E-state index < -0.39 is 0 Å². The molecule has 1 rings (SSSR count). The third kappa shape index (κ3) is 3.09. The van der Waals surface area contributed by atoms with E-state index in [2.05, 4.69) is 0 Å². The Labute approximate surface area is 89.0 Å². The molecule has 0 aliphatic rings. The molecule has 0 spiro atoms. The van der Waals surface area contributed by atoms with Gasteiger partial charge in [-0.25, -0.2) is 4.39 Å². The van der Waals surface area contributed by atoms with Gasteiger partial charge in [-0.05, 0) is 25.5 Å². The first kappa shape index (κ1) is 11.8. The molecule has 0 heterocycles. The van der Waals surface area contributed by atoms with E-state index in [1.54, 1.807) is 20.1 Å². The number of nitrogens with two attached hydrogens (primary N) is 1. The van der Waals surface area contributed by atoms with Gasteiger partial charge in [0.15, 0.2) is 0 Å². The number of aryl methyl sites for hydroxylation is 1. The van der Waals surface area contributed by atoms with Crippen molar-refractivity contribution in [2.45, 2.75) is 20.0 Å². The largest absolute Gasteiger partial charge is 0.486 e. The molecule has 0 radical (unpaired) electrons. The van der Waals surface area contributed by atoms with Gasteiger partial charge in [-0.3, -0.25) is 0 Å². The maximum Gasteiger partial charge on any atom is 0.143 e. The Balaban J connectivity index is 2.81. The van der Waals surface area contributed by atoms with E-state index in [-0.39, 0.29) is 11.9 Å². The van der Waals surface area contributed by atoms with Crippen molar-refractivity contribution in [2.75, 3.05) is 19.5 Å². The fourth-order valence-electron chi connectivity index (χ4n) is 1.26. The number of hydrogen-bond acceptors (Lipinski definition) is 3. The summed E-state index contributed by atoms with van der Waals surface area (Å²) in [6.07, 6.45) is -0.109. The lowest BCUT2D eigenvalue weighted by Gasteiger charge is -2.16. The number of nitrogen functional groups attached to an aromatic ring is 1. The molecule has 0 saturated carbocycles. The second-order valence-corrected chi connectivity index (χ2v) is 3.52. The van der Waals surface area contributed by atoms with Crippen molar-refractivity contribution in [2.24, 2.45) is 0 Å². The molecule has 1 aromatic rings. The van der Waals surface area contributed by atoms with Crippen LogP contribution in [-0.2, 0) is 4.74 Å². The average Bonchev–Trinajstić information content (AvgIpc) is 2.14. The summed E-state index contributed by atoms with van der Waals surface area (Å²) < 4.78 is 23.5. The predicted molar refractivity (Wildman–Crippen MR) is 57.5 cm³/mol. The molecule has 0 aliphatic heterocycles. The summed E-state index contributed by atoms with van der Waals surface area (Å²) in [5.41, 5.74) is 6.45. The van der Waals surface area contributed by atoms with E-state index >= 15 is 0 Å².